The molecule has 0 unspecified atom stereocenters. The molecule has 0 bridgehead atoms. The number of carbonyl (C=O) groups excluding carboxylic acids is 1. The van der Waals surface area contributed by atoms with E-state index in [-0.39, 0.29) is 11.7 Å². The van der Waals surface area contributed by atoms with Crippen LogP contribution in [0.25, 0.3) is 17.1 Å². The lowest BCUT2D eigenvalue weighted by Gasteiger charge is -2.12. The molecule has 0 fully saturated rings. The molecule has 1 aromatic heterocycles. The Hall–Kier alpha value is -2.16. The fourth-order valence-electron chi connectivity index (χ4n) is 3.09. The number of carbonyl (C=O) groups is 1. The van der Waals surface area contributed by atoms with Crippen molar-refractivity contribution < 1.29 is 9.53 Å². The van der Waals surface area contributed by atoms with Gasteiger partial charge in [0.1, 0.15) is 0 Å². The van der Waals surface area contributed by atoms with Gasteiger partial charge in [-0.1, -0.05) is 45.9 Å². The fraction of sp³-hybridized carbons (Fsp3) is 0.318. The molecule has 1 N–H and O–H groups in total. The van der Waals surface area contributed by atoms with Crippen molar-refractivity contribution in [1.29, 1.82) is 0 Å². The van der Waals surface area contributed by atoms with Gasteiger partial charge in [-0.2, -0.15) is 0 Å². The maximum atomic E-state index is 12.2. The predicted octanol–water partition coefficient (Wildman–Crippen LogP) is 4.56. The summed E-state index contributed by atoms with van der Waals surface area (Å²) >= 11 is 4.86. The number of ether oxygens (including phenoxy) is 1. The van der Waals surface area contributed by atoms with Crippen molar-refractivity contribution >= 4 is 33.6 Å². The molecule has 8 heteroatoms. The number of nitrogens with one attached hydrogen (secondary N) is 1. The molecule has 0 saturated carbocycles. The lowest BCUT2D eigenvalue weighted by atomic mass is 10.1. The van der Waals surface area contributed by atoms with Crippen LogP contribution in [0.5, 0.6) is 0 Å². The van der Waals surface area contributed by atoms with Crippen molar-refractivity contribution in [3.63, 3.8) is 0 Å². The second-order valence-electron chi connectivity index (χ2n) is 6.98. The summed E-state index contributed by atoms with van der Waals surface area (Å²) in [6, 6.07) is 14.3. The minimum absolute atomic E-state index is 0.0312. The summed E-state index contributed by atoms with van der Waals surface area (Å²) in [4.78, 5) is 12.2. The Morgan fingerprint density at radius 2 is 1.83 bits per heavy atom. The minimum Gasteiger partial charge on any atom is -0.385 e. The van der Waals surface area contributed by atoms with Gasteiger partial charge in [0, 0.05) is 30.3 Å². The zero-order valence-electron chi connectivity index (χ0n) is 17.3. The molecule has 0 aliphatic rings. The number of hydrogen-bond donors (Lipinski definition) is 1. The van der Waals surface area contributed by atoms with E-state index >= 15 is 0 Å². The first-order valence-corrected chi connectivity index (χ1v) is 11.4. The quantitative estimate of drug-likeness (QED) is 0.353. The Morgan fingerprint density at radius 1 is 1.13 bits per heavy atom. The Bertz CT molecular complexity index is 985. The van der Waals surface area contributed by atoms with Crippen LogP contribution in [-0.4, -0.2) is 46.7 Å². The lowest BCUT2D eigenvalue weighted by molar-refractivity contribution is -0.118. The second-order valence-corrected chi connectivity index (χ2v) is 8.84. The van der Waals surface area contributed by atoms with E-state index in [0.29, 0.717) is 18.3 Å². The predicted molar refractivity (Wildman–Crippen MR) is 124 cm³/mol. The van der Waals surface area contributed by atoms with Crippen molar-refractivity contribution in [3.8, 4) is 17.1 Å². The van der Waals surface area contributed by atoms with Gasteiger partial charge in [-0.15, -0.1) is 10.2 Å². The maximum absolute atomic E-state index is 12.2. The van der Waals surface area contributed by atoms with Gasteiger partial charge in [0.25, 0.3) is 0 Å². The van der Waals surface area contributed by atoms with E-state index in [1.165, 1.54) is 11.8 Å². The molecular formula is C22H25BrN4O2S. The van der Waals surface area contributed by atoms with Gasteiger partial charge in [0.05, 0.1) is 11.4 Å². The highest BCUT2D eigenvalue weighted by atomic mass is 79.9. The molecule has 2 aromatic carbocycles. The summed E-state index contributed by atoms with van der Waals surface area (Å²) in [5.41, 5.74) is 4.26. The third-order valence-electron chi connectivity index (χ3n) is 4.38. The molecule has 1 heterocycles. The van der Waals surface area contributed by atoms with Crippen molar-refractivity contribution in [2.45, 2.75) is 25.4 Å². The third kappa shape index (κ3) is 5.93. The summed E-state index contributed by atoms with van der Waals surface area (Å²) in [6.07, 6.45) is 0.791. The van der Waals surface area contributed by atoms with E-state index < -0.39 is 0 Å². The van der Waals surface area contributed by atoms with Gasteiger partial charge in [0.2, 0.25) is 5.91 Å². The van der Waals surface area contributed by atoms with Crippen LogP contribution in [0.1, 0.15) is 17.5 Å². The fourth-order valence-corrected chi connectivity index (χ4v) is 4.13. The topological polar surface area (TPSA) is 69.0 Å². The normalized spacial score (nSPS) is 10.9. The molecular weight excluding hydrogens is 464 g/mol. The van der Waals surface area contributed by atoms with Crippen LogP contribution in [0, 0.1) is 13.8 Å². The van der Waals surface area contributed by atoms with Gasteiger partial charge < -0.3 is 10.1 Å². The van der Waals surface area contributed by atoms with E-state index in [2.05, 4.69) is 63.5 Å². The number of amides is 1. The second kappa shape index (κ2) is 10.7. The van der Waals surface area contributed by atoms with Crippen LogP contribution in [0.15, 0.2) is 52.1 Å². The number of hydrogen-bond acceptors (Lipinski definition) is 5. The first-order chi connectivity index (χ1) is 14.5. The smallest absolute Gasteiger partial charge is 0.230 e. The summed E-state index contributed by atoms with van der Waals surface area (Å²) in [7, 11) is 1.65. The molecule has 3 rings (SSSR count). The molecule has 6 nitrogen and oxygen atoms in total. The van der Waals surface area contributed by atoms with Crippen LogP contribution in [0.2, 0.25) is 0 Å². The Kier molecular flexibility index (Phi) is 8.07. The summed E-state index contributed by atoms with van der Waals surface area (Å²) in [5, 5.41) is 12.4. The van der Waals surface area contributed by atoms with Crippen LogP contribution < -0.4 is 5.32 Å². The van der Waals surface area contributed by atoms with Gasteiger partial charge in [-0.25, -0.2) is 0 Å². The Morgan fingerprint density at radius 3 is 2.50 bits per heavy atom. The molecule has 0 aliphatic heterocycles. The van der Waals surface area contributed by atoms with Crippen LogP contribution in [-0.2, 0) is 9.53 Å². The first-order valence-electron chi connectivity index (χ1n) is 9.66. The molecule has 3 aromatic rings. The van der Waals surface area contributed by atoms with Crippen LogP contribution in [0.4, 0.5) is 0 Å². The lowest BCUT2D eigenvalue weighted by Crippen LogP contribution is -2.26. The van der Waals surface area contributed by atoms with Crippen molar-refractivity contribution in [2.24, 2.45) is 0 Å². The number of thioether (sulfide) groups is 1. The number of rotatable bonds is 9. The molecule has 0 spiro atoms. The zero-order chi connectivity index (χ0) is 21.5. The van der Waals surface area contributed by atoms with E-state index in [1.807, 2.05) is 28.8 Å². The van der Waals surface area contributed by atoms with E-state index in [4.69, 9.17) is 4.74 Å². The molecule has 1 amide bonds. The van der Waals surface area contributed by atoms with Gasteiger partial charge in [-0.05, 0) is 55.7 Å². The zero-order valence-corrected chi connectivity index (χ0v) is 19.7. The van der Waals surface area contributed by atoms with Crippen molar-refractivity contribution in [3.05, 3.63) is 58.1 Å². The number of aromatic nitrogens is 3. The van der Waals surface area contributed by atoms with Crippen LogP contribution in [0.3, 0.4) is 0 Å². The highest BCUT2D eigenvalue weighted by molar-refractivity contribution is 9.10. The largest absolute Gasteiger partial charge is 0.385 e. The van der Waals surface area contributed by atoms with Gasteiger partial charge >= 0.3 is 0 Å². The molecule has 158 valence electrons. The van der Waals surface area contributed by atoms with Crippen molar-refractivity contribution in [1.82, 2.24) is 20.1 Å². The summed E-state index contributed by atoms with van der Waals surface area (Å²) in [6.45, 7) is 5.37. The van der Waals surface area contributed by atoms with E-state index in [1.54, 1.807) is 7.11 Å². The van der Waals surface area contributed by atoms with Gasteiger partial charge in [0.15, 0.2) is 11.0 Å². The summed E-state index contributed by atoms with van der Waals surface area (Å²) in [5.74, 6) is 0.989. The molecule has 0 saturated heterocycles. The highest BCUT2D eigenvalue weighted by Crippen LogP contribution is 2.29. The number of methoxy groups -OCH3 is 1. The van der Waals surface area contributed by atoms with Gasteiger partial charge in [-0.3, -0.25) is 9.36 Å². The van der Waals surface area contributed by atoms with E-state index in [9.17, 15) is 4.79 Å². The number of halogens is 1. The number of nitrogens with zero attached hydrogens (tertiary/aromatic N) is 3. The first kappa shape index (κ1) is 22.5. The summed E-state index contributed by atoms with van der Waals surface area (Å²) < 4.78 is 8.03. The Balaban J connectivity index is 1.88. The average Bonchev–Trinajstić information content (AvgIpc) is 3.13. The number of benzene rings is 2. The highest BCUT2D eigenvalue weighted by Gasteiger charge is 2.18. The van der Waals surface area contributed by atoms with Crippen LogP contribution >= 0.6 is 27.7 Å². The third-order valence-corrected chi connectivity index (χ3v) is 5.84. The number of aryl methyl sites for hydroxylation is 2. The SMILES string of the molecule is COCCCNC(=O)CSc1nnc(-c2ccc(Br)cc2)n1-c1cc(C)cc(C)c1. The van der Waals surface area contributed by atoms with E-state index in [0.717, 1.165) is 39.1 Å². The minimum atomic E-state index is -0.0312. The van der Waals surface area contributed by atoms with Crippen molar-refractivity contribution in [2.75, 3.05) is 26.0 Å². The molecule has 0 radical (unpaired) electrons. The monoisotopic (exact) mass is 488 g/mol. The molecule has 0 aliphatic carbocycles. The molecule has 30 heavy (non-hydrogen) atoms. The standard InChI is InChI=1S/C22H25BrN4O2S/c1-15-11-16(2)13-19(12-15)27-21(17-5-7-18(23)8-6-17)25-26-22(27)30-14-20(28)24-9-4-10-29-3/h5-8,11-13H,4,9-10,14H2,1-3H3,(H,24,28). The Labute approximate surface area is 189 Å². The maximum Gasteiger partial charge on any atom is 0.230 e. The molecule has 0 atom stereocenters. The average molecular weight is 489 g/mol.